The van der Waals surface area contributed by atoms with Crippen LogP contribution in [0, 0.1) is 0 Å². The van der Waals surface area contributed by atoms with E-state index in [0.29, 0.717) is 5.88 Å². The molecule has 0 aromatic carbocycles. The standard InChI is InChI=1S/C11H14ClN/c12-7-11-6-5-10(8-13-11)9-3-1-2-4-9/h5-6,8-9H,1-4,7H2. The van der Waals surface area contributed by atoms with Gasteiger partial charge in [0.05, 0.1) is 11.6 Å². The van der Waals surface area contributed by atoms with Crippen molar-refractivity contribution in [1.82, 2.24) is 4.98 Å². The first kappa shape index (κ1) is 9.01. The molecule has 1 heterocycles. The molecule has 70 valence electrons. The van der Waals surface area contributed by atoms with Crippen molar-refractivity contribution < 1.29 is 0 Å². The van der Waals surface area contributed by atoms with Gasteiger partial charge in [-0.3, -0.25) is 4.98 Å². The second-order valence-corrected chi connectivity index (χ2v) is 3.97. The number of aromatic nitrogens is 1. The highest BCUT2D eigenvalue weighted by Gasteiger charge is 2.16. The summed E-state index contributed by atoms with van der Waals surface area (Å²) in [7, 11) is 0. The molecule has 1 aliphatic carbocycles. The third-order valence-corrected chi connectivity index (χ3v) is 3.08. The van der Waals surface area contributed by atoms with E-state index in [2.05, 4.69) is 11.1 Å². The molecule has 0 N–H and O–H groups in total. The number of rotatable bonds is 2. The number of pyridine rings is 1. The van der Waals surface area contributed by atoms with Crippen molar-refractivity contribution in [1.29, 1.82) is 0 Å². The van der Waals surface area contributed by atoms with E-state index < -0.39 is 0 Å². The summed E-state index contributed by atoms with van der Waals surface area (Å²) in [5.74, 6) is 1.28. The summed E-state index contributed by atoms with van der Waals surface area (Å²) in [5, 5.41) is 0. The van der Waals surface area contributed by atoms with Gasteiger partial charge >= 0.3 is 0 Å². The van der Waals surface area contributed by atoms with Gasteiger partial charge in [0.15, 0.2) is 0 Å². The summed E-state index contributed by atoms with van der Waals surface area (Å²) in [6, 6.07) is 4.22. The van der Waals surface area contributed by atoms with Crippen LogP contribution >= 0.6 is 11.6 Å². The van der Waals surface area contributed by atoms with E-state index in [0.717, 1.165) is 11.6 Å². The molecule has 0 aliphatic heterocycles. The Bertz CT molecular complexity index is 262. The fourth-order valence-electron chi connectivity index (χ4n) is 2.02. The third-order valence-electron chi connectivity index (χ3n) is 2.81. The first-order chi connectivity index (χ1) is 6.40. The topological polar surface area (TPSA) is 12.9 Å². The van der Waals surface area contributed by atoms with Gasteiger partial charge in [0.1, 0.15) is 0 Å². The van der Waals surface area contributed by atoms with Gasteiger partial charge in [-0.1, -0.05) is 18.9 Å². The van der Waals surface area contributed by atoms with Gasteiger partial charge in [-0.05, 0) is 30.4 Å². The minimum atomic E-state index is 0.519. The Labute approximate surface area is 84.1 Å². The van der Waals surface area contributed by atoms with Gasteiger partial charge in [0, 0.05) is 6.20 Å². The first-order valence-corrected chi connectivity index (χ1v) is 5.44. The summed E-state index contributed by atoms with van der Waals surface area (Å²) in [4.78, 5) is 4.31. The number of alkyl halides is 1. The number of hydrogen-bond acceptors (Lipinski definition) is 1. The molecule has 1 aromatic rings. The third kappa shape index (κ3) is 2.02. The quantitative estimate of drug-likeness (QED) is 0.659. The maximum absolute atomic E-state index is 5.68. The SMILES string of the molecule is ClCc1ccc(C2CCCC2)cn1. The minimum absolute atomic E-state index is 0.519. The van der Waals surface area contributed by atoms with Crippen molar-refractivity contribution in [2.24, 2.45) is 0 Å². The molecule has 1 saturated carbocycles. The maximum atomic E-state index is 5.68. The Morgan fingerprint density at radius 3 is 2.62 bits per heavy atom. The Hall–Kier alpha value is -0.560. The van der Waals surface area contributed by atoms with Crippen LogP contribution in [0.25, 0.3) is 0 Å². The lowest BCUT2D eigenvalue weighted by Gasteiger charge is -2.08. The van der Waals surface area contributed by atoms with Crippen molar-refractivity contribution in [2.75, 3.05) is 0 Å². The van der Waals surface area contributed by atoms with Gasteiger partial charge in [-0.15, -0.1) is 11.6 Å². The highest BCUT2D eigenvalue weighted by Crippen LogP contribution is 2.33. The van der Waals surface area contributed by atoms with Crippen molar-refractivity contribution >= 4 is 11.6 Å². The van der Waals surface area contributed by atoms with Gasteiger partial charge in [-0.2, -0.15) is 0 Å². The van der Waals surface area contributed by atoms with E-state index in [1.165, 1.54) is 31.2 Å². The van der Waals surface area contributed by atoms with Crippen LogP contribution in [-0.4, -0.2) is 4.98 Å². The van der Waals surface area contributed by atoms with E-state index in [9.17, 15) is 0 Å². The summed E-state index contributed by atoms with van der Waals surface area (Å²) in [5.41, 5.74) is 2.37. The molecule has 0 radical (unpaired) electrons. The molecule has 1 fully saturated rings. The van der Waals surface area contributed by atoms with E-state index >= 15 is 0 Å². The van der Waals surface area contributed by atoms with E-state index in [-0.39, 0.29) is 0 Å². The predicted octanol–water partition coefficient (Wildman–Crippen LogP) is 3.48. The van der Waals surface area contributed by atoms with E-state index in [4.69, 9.17) is 11.6 Å². The van der Waals surface area contributed by atoms with Gasteiger partial charge in [0.2, 0.25) is 0 Å². The minimum Gasteiger partial charge on any atom is -0.260 e. The smallest absolute Gasteiger partial charge is 0.0647 e. The molecule has 0 bridgehead atoms. The van der Waals surface area contributed by atoms with Crippen molar-refractivity contribution in [3.63, 3.8) is 0 Å². The number of halogens is 1. The zero-order valence-electron chi connectivity index (χ0n) is 7.67. The van der Waals surface area contributed by atoms with E-state index in [1.807, 2.05) is 12.3 Å². The van der Waals surface area contributed by atoms with Gasteiger partial charge < -0.3 is 0 Å². The first-order valence-electron chi connectivity index (χ1n) is 4.91. The highest BCUT2D eigenvalue weighted by molar-refractivity contribution is 6.16. The fraction of sp³-hybridized carbons (Fsp3) is 0.545. The second-order valence-electron chi connectivity index (χ2n) is 3.70. The Balaban J connectivity index is 2.12. The molecule has 2 heteroatoms. The van der Waals surface area contributed by atoms with Crippen LogP contribution in [0.15, 0.2) is 18.3 Å². The molecule has 0 atom stereocenters. The van der Waals surface area contributed by atoms with Crippen molar-refractivity contribution in [3.8, 4) is 0 Å². The molecule has 1 aliphatic rings. The van der Waals surface area contributed by atoms with Crippen LogP contribution in [0.2, 0.25) is 0 Å². The normalized spacial score (nSPS) is 17.9. The lowest BCUT2D eigenvalue weighted by Crippen LogP contribution is -1.94. The summed E-state index contributed by atoms with van der Waals surface area (Å²) >= 11 is 5.68. The maximum Gasteiger partial charge on any atom is 0.0647 e. The molecule has 0 unspecified atom stereocenters. The van der Waals surface area contributed by atoms with Gasteiger partial charge in [-0.25, -0.2) is 0 Å². The molecule has 1 nitrogen and oxygen atoms in total. The molecule has 2 rings (SSSR count). The van der Waals surface area contributed by atoms with Crippen LogP contribution < -0.4 is 0 Å². The van der Waals surface area contributed by atoms with Gasteiger partial charge in [0.25, 0.3) is 0 Å². The Morgan fingerprint density at radius 2 is 2.08 bits per heavy atom. The molecule has 0 saturated heterocycles. The van der Waals surface area contributed by atoms with Crippen molar-refractivity contribution in [2.45, 2.75) is 37.5 Å². The Kier molecular flexibility index (Phi) is 2.84. The molecular formula is C11H14ClN. The van der Waals surface area contributed by atoms with Crippen LogP contribution in [-0.2, 0) is 5.88 Å². The number of hydrogen-bond donors (Lipinski definition) is 0. The average Bonchev–Trinajstić information content (AvgIpc) is 2.71. The number of nitrogens with zero attached hydrogens (tertiary/aromatic N) is 1. The largest absolute Gasteiger partial charge is 0.260 e. The average molecular weight is 196 g/mol. The lowest BCUT2D eigenvalue weighted by molar-refractivity contribution is 0.718. The highest BCUT2D eigenvalue weighted by atomic mass is 35.5. The summed E-state index contributed by atoms with van der Waals surface area (Å²) < 4.78 is 0. The van der Waals surface area contributed by atoms with Crippen LogP contribution in [0.5, 0.6) is 0 Å². The Morgan fingerprint density at radius 1 is 1.31 bits per heavy atom. The predicted molar refractivity (Wildman–Crippen MR) is 55.0 cm³/mol. The van der Waals surface area contributed by atoms with Crippen LogP contribution in [0.4, 0.5) is 0 Å². The van der Waals surface area contributed by atoms with Crippen LogP contribution in [0.1, 0.15) is 42.9 Å². The second kappa shape index (κ2) is 4.10. The summed E-state index contributed by atoms with van der Waals surface area (Å²) in [6.45, 7) is 0. The summed E-state index contributed by atoms with van der Waals surface area (Å²) in [6.07, 6.45) is 7.42. The fourth-order valence-corrected chi connectivity index (χ4v) is 2.17. The molecular weight excluding hydrogens is 182 g/mol. The molecule has 0 amide bonds. The van der Waals surface area contributed by atoms with Crippen LogP contribution in [0.3, 0.4) is 0 Å². The molecule has 13 heavy (non-hydrogen) atoms. The molecule has 0 spiro atoms. The van der Waals surface area contributed by atoms with E-state index in [1.54, 1.807) is 0 Å². The lowest BCUT2D eigenvalue weighted by atomic mass is 9.99. The zero-order valence-corrected chi connectivity index (χ0v) is 8.43. The van der Waals surface area contributed by atoms with Crippen molar-refractivity contribution in [3.05, 3.63) is 29.6 Å². The molecule has 1 aromatic heterocycles. The monoisotopic (exact) mass is 195 g/mol. The zero-order chi connectivity index (χ0) is 9.10.